The number of carbonyl (C=O) groups is 2. The molecule has 10 heteroatoms. The lowest BCUT2D eigenvalue weighted by atomic mass is 10.0. The molecular formula is C32H38BrN3O5S. The third-order valence-electron chi connectivity index (χ3n) is 7.33. The molecule has 1 aliphatic rings. The molecule has 0 bridgehead atoms. The van der Waals surface area contributed by atoms with Crippen LogP contribution in [0.4, 0.5) is 5.69 Å². The van der Waals surface area contributed by atoms with Gasteiger partial charge in [0.1, 0.15) is 18.3 Å². The number of benzene rings is 3. The number of nitrogens with zero attached hydrogens (tertiary/aromatic N) is 2. The maximum atomic E-state index is 14.3. The van der Waals surface area contributed by atoms with Crippen LogP contribution in [0.15, 0.2) is 83.3 Å². The van der Waals surface area contributed by atoms with Crippen molar-refractivity contribution in [1.82, 2.24) is 10.2 Å². The van der Waals surface area contributed by atoms with Crippen molar-refractivity contribution in [1.29, 1.82) is 0 Å². The fraction of sp³-hybridized carbons (Fsp3) is 0.375. The summed E-state index contributed by atoms with van der Waals surface area (Å²) < 4.78 is 33.8. The summed E-state index contributed by atoms with van der Waals surface area (Å²) in [6, 6.07) is 23.0. The van der Waals surface area contributed by atoms with Gasteiger partial charge in [0.25, 0.3) is 0 Å². The van der Waals surface area contributed by atoms with Crippen molar-refractivity contribution in [2.24, 2.45) is 0 Å². The minimum Gasteiger partial charge on any atom is -0.492 e. The standard InChI is InChI=1S/C32H38BrN3O5S/c1-3-41-30-19-10-9-18-28(30)36(42(2,39)40)23-31(37)35(22-25-14-11-15-26(33)20-25)29(21-24-12-5-4-6-13-24)32(38)34-27-16-7-8-17-27/h4-6,9-15,18-20,27,29H,3,7-8,16-17,21-23H2,1-2H3,(H,34,38). The normalized spacial score (nSPS) is 14.3. The number of anilines is 1. The Morgan fingerprint density at radius 1 is 0.976 bits per heavy atom. The van der Waals surface area contributed by atoms with E-state index in [1.54, 1.807) is 24.3 Å². The van der Waals surface area contributed by atoms with Crippen LogP contribution in [0.2, 0.25) is 0 Å². The second kappa shape index (κ2) is 14.7. The average Bonchev–Trinajstić information content (AvgIpc) is 3.47. The second-order valence-corrected chi connectivity index (χ2v) is 13.3. The number of sulfonamides is 1. The van der Waals surface area contributed by atoms with Crippen LogP contribution in [-0.4, -0.2) is 56.6 Å². The molecule has 1 unspecified atom stereocenters. The summed E-state index contributed by atoms with van der Waals surface area (Å²) in [7, 11) is -3.89. The first-order valence-corrected chi connectivity index (χ1v) is 16.9. The number of hydrogen-bond donors (Lipinski definition) is 1. The van der Waals surface area contributed by atoms with Gasteiger partial charge in [-0.2, -0.15) is 0 Å². The summed E-state index contributed by atoms with van der Waals surface area (Å²) >= 11 is 3.50. The predicted octanol–water partition coefficient (Wildman–Crippen LogP) is 5.31. The highest BCUT2D eigenvalue weighted by atomic mass is 79.9. The van der Waals surface area contributed by atoms with Crippen LogP contribution in [0.25, 0.3) is 0 Å². The number of para-hydroxylation sites is 2. The van der Waals surface area contributed by atoms with Crippen LogP contribution in [0, 0.1) is 0 Å². The minimum atomic E-state index is -3.89. The molecule has 1 aliphatic carbocycles. The number of halogens is 1. The third kappa shape index (κ3) is 8.58. The fourth-order valence-electron chi connectivity index (χ4n) is 5.29. The highest BCUT2D eigenvalue weighted by molar-refractivity contribution is 9.10. The molecule has 2 amide bonds. The van der Waals surface area contributed by atoms with Crippen LogP contribution < -0.4 is 14.4 Å². The first-order valence-electron chi connectivity index (χ1n) is 14.2. The Morgan fingerprint density at radius 2 is 1.64 bits per heavy atom. The van der Waals surface area contributed by atoms with E-state index in [2.05, 4.69) is 21.2 Å². The zero-order chi connectivity index (χ0) is 30.1. The van der Waals surface area contributed by atoms with Crippen molar-refractivity contribution in [2.45, 2.75) is 57.7 Å². The fourth-order valence-corrected chi connectivity index (χ4v) is 6.59. The molecule has 0 radical (unpaired) electrons. The molecular weight excluding hydrogens is 618 g/mol. The minimum absolute atomic E-state index is 0.0594. The molecule has 0 spiro atoms. The molecule has 3 aromatic carbocycles. The van der Waals surface area contributed by atoms with E-state index >= 15 is 0 Å². The quantitative estimate of drug-likeness (QED) is 0.269. The summed E-state index contributed by atoms with van der Waals surface area (Å²) in [5.74, 6) is -0.375. The van der Waals surface area contributed by atoms with Gasteiger partial charge >= 0.3 is 0 Å². The van der Waals surface area contributed by atoms with Gasteiger partial charge in [-0.1, -0.05) is 83.4 Å². The van der Waals surface area contributed by atoms with Gasteiger partial charge in [-0.15, -0.1) is 0 Å². The number of hydrogen-bond acceptors (Lipinski definition) is 5. The van der Waals surface area contributed by atoms with Crippen molar-refractivity contribution in [3.8, 4) is 5.75 Å². The summed E-state index contributed by atoms with van der Waals surface area (Å²) in [6.45, 7) is 1.78. The van der Waals surface area contributed by atoms with Crippen molar-refractivity contribution >= 4 is 43.5 Å². The van der Waals surface area contributed by atoms with Gasteiger partial charge in [-0.25, -0.2) is 8.42 Å². The Kier molecular flexibility index (Phi) is 11.0. The summed E-state index contributed by atoms with van der Waals surface area (Å²) in [5.41, 5.74) is 1.98. The molecule has 0 aliphatic heterocycles. The van der Waals surface area contributed by atoms with Gasteiger partial charge in [0.2, 0.25) is 21.8 Å². The molecule has 1 atom stereocenters. The number of rotatable bonds is 13. The van der Waals surface area contributed by atoms with Gasteiger partial charge in [0.15, 0.2) is 0 Å². The molecule has 1 saturated carbocycles. The SMILES string of the molecule is CCOc1ccccc1N(CC(=O)N(Cc1cccc(Br)c1)C(Cc1ccccc1)C(=O)NC1CCCC1)S(C)(=O)=O. The van der Waals surface area contributed by atoms with Crippen LogP contribution in [0.5, 0.6) is 5.75 Å². The van der Waals surface area contributed by atoms with Crippen LogP contribution in [0.1, 0.15) is 43.7 Å². The van der Waals surface area contributed by atoms with Crippen LogP contribution in [0.3, 0.4) is 0 Å². The molecule has 0 aromatic heterocycles. The van der Waals surface area contributed by atoms with Gasteiger partial charge in [0, 0.05) is 23.5 Å². The molecule has 4 rings (SSSR count). The van der Waals surface area contributed by atoms with Crippen LogP contribution in [-0.2, 0) is 32.6 Å². The Labute approximate surface area is 257 Å². The van der Waals surface area contributed by atoms with Gasteiger partial charge in [-0.3, -0.25) is 13.9 Å². The Balaban J connectivity index is 1.74. The lowest BCUT2D eigenvalue weighted by molar-refractivity contribution is -0.140. The molecule has 224 valence electrons. The maximum absolute atomic E-state index is 14.3. The monoisotopic (exact) mass is 655 g/mol. The van der Waals surface area contributed by atoms with Crippen LogP contribution >= 0.6 is 15.9 Å². The Bertz CT molecular complexity index is 1460. The summed E-state index contributed by atoms with van der Waals surface area (Å²) in [6.07, 6.45) is 5.26. The van der Waals surface area contributed by atoms with E-state index in [1.165, 1.54) is 4.90 Å². The zero-order valence-corrected chi connectivity index (χ0v) is 26.4. The third-order valence-corrected chi connectivity index (χ3v) is 8.95. The topological polar surface area (TPSA) is 96.0 Å². The van der Waals surface area contributed by atoms with Gasteiger partial charge < -0.3 is 15.0 Å². The lowest BCUT2D eigenvalue weighted by Crippen LogP contribution is -2.54. The lowest BCUT2D eigenvalue weighted by Gasteiger charge is -2.34. The van der Waals surface area contributed by atoms with E-state index in [9.17, 15) is 18.0 Å². The average molecular weight is 657 g/mol. The van der Waals surface area contributed by atoms with E-state index in [-0.39, 0.29) is 30.6 Å². The first kappa shape index (κ1) is 31.6. The summed E-state index contributed by atoms with van der Waals surface area (Å²) in [4.78, 5) is 29.7. The van der Waals surface area contributed by atoms with E-state index in [1.807, 2.05) is 61.5 Å². The molecule has 3 aromatic rings. The molecule has 0 heterocycles. The number of amides is 2. The van der Waals surface area contributed by atoms with Gasteiger partial charge in [-0.05, 0) is 55.2 Å². The Morgan fingerprint density at radius 3 is 2.31 bits per heavy atom. The predicted molar refractivity (Wildman–Crippen MR) is 169 cm³/mol. The van der Waals surface area contributed by atoms with E-state index in [4.69, 9.17) is 4.74 Å². The van der Waals surface area contributed by atoms with Crippen molar-refractivity contribution in [3.05, 3.63) is 94.5 Å². The maximum Gasteiger partial charge on any atom is 0.244 e. The van der Waals surface area contributed by atoms with Crippen molar-refractivity contribution in [2.75, 3.05) is 23.7 Å². The smallest absolute Gasteiger partial charge is 0.244 e. The van der Waals surface area contributed by atoms with Gasteiger partial charge in [0.05, 0.1) is 18.6 Å². The molecule has 42 heavy (non-hydrogen) atoms. The van der Waals surface area contributed by atoms with Crippen molar-refractivity contribution < 1.29 is 22.7 Å². The van der Waals surface area contributed by atoms with Crippen molar-refractivity contribution in [3.63, 3.8) is 0 Å². The number of ether oxygens (including phenoxy) is 1. The zero-order valence-electron chi connectivity index (χ0n) is 24.0. The first-order chi connectivity index (χ1) is 20.2. The van der Waals surface area contributed by atoms with E-state index < -0.39 is 28.5 Å². The number of nitrogens with one attached hydrogen (secondary N) is 1. The second-order valence-electron chi connectivity index (χ2n) is 10.5. The summed E-state index contributed by atoms with van der Waals surface area (Å²) in [5, 5.41) is 3.18. The molecule has 8 nitrogen and oxygen atoms in total. The largest absolute Gasteiger partial charge is 0.492 e. The molecule has 1 fully saturated rings. The van der Waals surface area contributed by atoms with E-state index in [0.717, 1.165) is 51.8 Å². The molecule has 1 N–H and O–H groups in total. The highest BCUT2D eigenvalue weighted by Crippen LogP contribution is 2.30. The van der Waals surface area contributed by atoms with E-state index in [0.29, 0.717) is 12.4 Å². The number of carbonyl (C=O) groups excluding carboxylic acids is 2. The molecule has 0 saturated heterocycles. The Hall–Kier alpha value is -3.37. The highest BCUT2D eigenvalue weighted by Gasteiger charge is 2.34.